The van der Waals surface area contributed by atoms with Crippen LogP contribution in [-0.2, 0) is 19.2 Å². The number of β-lactam (4-membered cyclic amide) rings is 1. The van der Waals surface area contributed by atoms with Crippen molar-refractivity contribution in [2.24, 2.45) is 5.16 Å². The number of nitrogens with zero attached hydrogens (tertiary/aromatic N) is 5. The van der Waals surface area contributed by atoms with Crippen molar-refractivity contribution in [3.05, 3.63) is 58.7 Å². The Kier molecular flexibility index (Phi) is 8.51. The maximum absolute atomic E-state index is 13.2. The number of carbonyl (C=O) groups excluding carboxylic acids is 3. The Balaban J connectivity index is 1.35. The van der Waals surface area contributed by atoms with Crippen LogP contribution in [0.15, 0.2) is 63.4 Å². The molecule has 2 aliphatic heterocycles. The van der Waals surface area contributed by atoms with Gasteiger partial charge >= 0.3 is 5.16 Å². The molecule has 14 nitrogen and oxygen atoms in total. The number of carboxylic acid groups (broad SMARTS) is 1. The van der Waals surface area contributed by atoms with Crippen LogP contribution in [0.4, 0.5) is 16.8 Å². The highest BCUT2D eigenvalue weighted by Gasteiger charge is 2.53. The number of amides is 2. The Morgan fingerprint density at radius 2 is 2.02 bits per heavy atom. The second kappa shape index (κ2) is 12.3. The molecule has 0 aliphatic carbocycles. The van der Waals surface area contributed by atoms with Crippen molar-refractivity contribution in [1.29, 1.82) is 0 Å². The molecular weight excluding hydrogens is 603 g/mol. The van der Waals surface area contributed by atoms with E-state index in [1.54, 1.807) is 16.9 Å². The van der Waals surface area contributed by atoms with Gasteiger partial charge in [-0.1, -0.05) is 28.3 Å². The van der Waals surface area contributed by atoms with Gasteiger partial charge in [0.05, 0.1) is 17.7 Å². The lowest BCUT2D eigenvalue weighted by Gasteiger charge is -2.50. The van der Waals surface area contributed by atoms with E-state index in [0.29, 0.717) is 16.5 Å². The summed E-state index contributed by atoms with van der Waals surface area (Å²) in [4.78, 5) is 53.2. The molecule has 1 saturated heterocycles. The van der Waals surface area contributed by atoms with Crippen molar-refractivity contribution in [2.45, 2.75) is 23.5 Å². The molecule has 1 fully saturated rings. The average molecular weight is 628 g/mol. The number of hydrogen-bond donors (Lipinski definition) is 4. The van der Waals surface area contributed by atoms with Gasteiger partial charge in [0.1, 0.15) is 29.4 Å². The number of nitrogens with one attached hydrogen (secondary N) is 1. The minimum atomic E-state index is -1.50. The fourth-order valence-electron chi connectivity index (χ4n) is 4.33. The monoisotopic (exact) mass is 627 g/mol. The Hall–Kier alpha value is -4.35. The summed E-state index contributed by atoms with van der Waals surface area (Å²) in [7, 11) is 0. The van der Waals surface area contributed by atoms with Crippen molar-refractivity contribution < 1.29 is 28.9 Å². The van der Waals surface area contributed by atoms with Crippen LogP contribution in [-0.4, -0.2) is 67.9 Å². The topological polar surface area (TPSA) is 219 Å². The van der Waals surface area contributed by atoms with Crippen LogP contribution in [0.25, 0.3) is 5.69 Å². The summed E-state index contributed by atoms with van der Waals surface area (Å²) in [5.41, 5.74) is 18.9. The van der Waals surface area contributed by atoms with Gasteiger partial charge in [0.15, 0.2) is 10.8 Å². The van der Waals surface area contributed by atoms with Crippen LogP contribution in [0.1, 0.15) is 12.6 Å². The van der Waals surface area contributed by atoms with Crippen LogP contribution in [0.5, 0.6) is 0 Å². The van der Waals surface area contributed by atoms with Crippen molar-refractivity contribution in [3.8, 4) is 5.69 Å². The Morgan fingerprint density at radius 3 is 2.69 bits per heavy atom. The van der Waals surface area contributed by atoms with Gasteiger partial charge < -0.3 is 37.3 Å². The minimum absolute atomic E-state index is 0.148. The molecule has 42 heavy (non-hydrogen) atoms. The standard InChI is InChI=1S/C25H25N9O5S3/c1-2-39-32-17(14-11-41-24(28)29-14)20(35)31-18-21(36)34-19(23(37)38)12(9-40-22(18)34)10-42-25-30-15(26)8-16(27)33(25)13-6-4-3-5-7-13/h3-8,11,18,22H,2,9-10H2,1H3,(H7,26,27,28,29,31,35,37,38)/b32-17-. The van der Waals surface area contributed by atoms with E-state index in [-0.39, 0.29) is 46.2 Å². The summed E-state index contributed by atoms with van der Waals surface area (Å²) in [5, 5.41) is 20.3. The van der Waals surface area contributed by atoms with Gasteiger partial charge in [-0.05, 0) is 36.4 Å². The number of nitrogen functional groups attached to an aromatic ring is 3. The van der Waals surface area contributed by atoms with Crippen LogP contribution in [0.2, 0.25) is 0 Å². The number of benzene rings is 1. The number of carboxylic acids is 1. The molecule has 2 amide bonds. The zero-order valence-corrected chi connectivity index (χ0v) is 24.5. The van der Waals surface area contributed by atoms with Gasteiger partial charge in [0.2, 0.25) is 11.6 Å². The van der Waals surface area contributed by atoms with E-state index < -0.39 is 29.2 Å². The van der Waals surface area contributed by atoms with Crippen molar-refractivity contribution in [2.75, 3.05) is 35.3 Å². The molecule has 2 aromatic heterocycles. The molecule has 0 radical (unpaired) electrons. The maximum Gasteiger partial charge on any atom is 0.306 e. The molecular formula is C25H25N9O5S3. The number of aliphatic carboxylic acids is 1. The summed E-state index contributed by atoms with van der Waals surface area (Å²) >= 11 is 3.66. The first-order valence-electron chi connectivity index (χ1n) is 12.5. The predicted octanol–water partition coefficient (Wildman–Crippen LogP) is -0.502. The Morgan fingerprint density at radius 1 is 1.26 bits per heavy atom. The van der Waals surface area contributed by atoms with E-state index >= 15 is 0 Å². The number of thiazole rings is 1. The summed E-state index contributed by atoms with van der Waals surface area (Å²) in [6.45, 7) is 1.90. The van der Waals surface area contributed by atoms with Crippen LogP contribution >= 0.6 is 34.9 Å². The fourth-order valence-corrected chi connectivity index (χ4v) is 7.40. The number of nitrogens with two attached hydrogens (primary N) is 3. The van der Waals surface area contributed by atoms with E-state index in [4.69, 9.17) is 22.0 Å². The summed E-state index contributed by atoms with van der Waals surface area (Å²) in [6.07, 6.45) is 0. The van der Waals surface area contributed by atoms with Gasteiger partial charge in [0.25, 0.3) is 11.8 Å². The number of thioether (sulfide) groups is 2. The molecule has 3 aromatic rings. The molecule has 17 heteroatoms. The second-order valence-electron chi connectivity index (χ2n) is 8.88. The number of anilines is 3. The molecule has 7 N–H and O–H groups in total. The van der Waals surface area contributed by atoms with E-state index in [1.807, 2.05) is 30.3 Å². The first-order chi connectivity index (χ1) is 20.2. The summed E-state index contributed by atoms with van der Waals surface area (Å²) in [6, 6.07) is 9.81. The third-order valence-electron chi connectivity index (χ3n) is 6.15. The molecule has 4 heterocycles. The normalized spacial score (nSPS) is 18.4. The molecule has 2 aliphatic rings. The number of oxime groups is 1. The molecule has 0 spiro atoms. The van der Waals surface area contributed by atoms with Crippen LogP contribution < -0.4 is 32.2 Å². The molecule has 218 valence electrons. The van der Waals surface area contributed by atoms with E-state index in [2.05, 4.69) is 20.4 Å². The highest BCUT2D eigenvalue weighted by molar-refractivity contribution is 8.01. The van der Waals surface area contributed by atoms with Crippen molar-refractivity contribution in [3.63, 3.8) is 0 Å². The SMILES string of the molecule is CCO/N=C(\C(=O)NC1C(=O)N2C(C(=O)[O-])=C(CSc3nc(N)cc(N)[n+]3-c3ccccc3)CSC12)c1csc(N)n1. The fraction of sp³-hybridized carbons (Fsp3) is 0.240. The number of aromatic nitrogens is 3. The lowest BCUT2D eigenvalue weighted by molar-refractivity contribution is -0.626. The van der Waals surface area contributed by atoms with Crippen molar-refractivity contribution >= 4 is 75.1 Å². The van der Waals surface area contributed by atoms with E-state index in [1.165, 1.54) is 29.6 Å². The molecule has 2 atom stereocenters. The zero-order valence-electron chi connectivity index (χ0n) is 22.1. The van der Waals surface area contributed by atoms with E-state index in [9.17, 15) is 19.5 Å². The number of fused-ring (bicyclic) bond motifs is 1. The molecule has 0 bridgehead atoms. The second-order valence-corrected chi connectivity index (χ2v) is 11.8. The number of hydrogen-bond acceptors (Lipinski definition) is 14. The highest BCUT2D eigenvalue weighted by Crippen LogP contribution is 2.41. The van der Waals surface area contributed by atoms with Crippen LogP contribution in [0, 0.1) is 0 Å². The van der Waals surface area contributed by atoms with Gasteiger partial charge in [-0.15, -0.1) is 23.1 Å². The molecule has 1 aromatic carbocycles. The maximum atomic E-state index is 13.2. The molecule has 2 unspecified atom stereocenters. The predicted molar refractivity (Wildman–Crippen MR) is 157 cm³/mol. The quantitative estimate of drug-likeness (QED) is 0.0558. The van der Waals surface area contributed by atoms with Gasteiger partial charge in [0, 0.05) is 16.9 Å². The van der Waals surface area contributed by atoms with Crippen LogP contribution in [0.3, 0.4) is 0 Å². The lowest BCUT2D eigenvalue weighted by atomic mass is 10.0. The number of carbonyl (C=O) groups is 3. The smallest absolute Gasteiger partial charge is 0.306 e. The third-order valence-corrected chi connectivity index (χ3v) is 9.19. The first kappa shape index (κ1) is 29.2. The average Bonchev–Trinajstić information content (AvgIpc) is 3.40. The summed E-state index contributed by atoms with van der Waals surface area (Å²) < 4.78 is 1.71. The number of rotatable bonds is 10. The van der Waals surface area contributed by atoms with Crippen molar-refractivity contribution in [1.82, 2.24) is 20.2 Å². The Labute approximate surface area is 252 Å². The zero-order chi connectivity index (χ0) is 30.0. The molecule has 0 saturated carbocycles. The first-order valence-corrected chi connectivity index (χ1v) is 15.4. The minimum Gasteiger partial charge on any atom is -0.543 e. The lowest BCUT2D eigenvalue weighted by Crippen LogP contribution is -2.71. The van der Waals surface area contributed by atoms with Gasteiger partial charge in [-0.2, -0.15) is 4.57 Å². The molecule has 5 rings (SSSR count). The van der Waals surface area contributed by atoms with E-state index in [0.717, 1.165) is 21.9 Å². The largest absolute Gasteiger partial charge is 0.543 e. The highest BCUT2D eigenvalue weighted by atomic mass is 32.2. The number of para-hydroxylation sites is 1. The summed E-state index contributed by atoms with van der Waals surface area (Å²) in [5.74, 6) is -1.80. The van der Waals surface area contributed by atoms with Gasteiger partial charge in [-0.25, -0.2) is 4.98 Å². The van der Waals surface area contributed by atoms with Gasteiger partial charge in [-0.3, -0.25) is 14.5 Å². The third kappa shape index (κ3) is 5.70. The Bertz CT molecular complexity index is 1610.